The molecule has 2 aromatic rings. The molecule has 24 heavy (non-hydrogen) atoms. The van der Waals surface area contributed by atoms with Gasteiger partial charge in [0, 0.05) is 35.5 Å². The Kier molecular flexibility index (Phi) is 6.13. The standard InChI is InChI=1S/C19H27N3OS/c1-13(2)17(23)21-15-8-6-7-14(9-15)10-20-11-16-12-24-18(22-16)19(3,4)5/h6-9,12-13,20H,10-11H2,1-5H3,(H,21,23). The molecule has 0 aliphatic heterocycles. The van der Waals surface area contributed by atoms with Gasteiger partial charge < -0.3 is 10.6 Å². The number of nitrogens with one attached hydrogen (secondary N) is 2. The zero-order chi connectivity index (χ0) is 17.7. The van der Waals surface area contributed by atoms with E-state index in [-0.39, 0.29) is 17.2 Å². The van der Waals surface area contributed by atoms with Crippen LogP contribution in [0.15, 0.2) is 29.6 Å². The number of nitrogens with zero attached hydrogens (tertiary/aromatic N) is 1. The molecule has 1 amide bonds. The van der Waals surface area contributed by atoms with Crippen LogP contribution in [0.3, 0.4) is 0 Å². The minimum absolute atomic E-state index is 0.0199. The fourth-order valence-corrected chi connectivity index (χ4v) is 3.02. The van der Waals surface area contributed by atoms with Crippen molar-refractivity contribution >= 4 is 22.9 Å². The molecule has 0 saturated heterocycles. The summed E-state index contributed by atoms with van der Waals surface area (Å²) >= 11 is 1.72. The molecule has 1 aromatic heterocycles. The summed E-state index contributed by atoms with van der Waals surface area (Å²) in [5.41, 5.74) is 3.17. The van der Waals surface area contributed by atoms with Crippen molar-refractivity contribution in [3.8, 4) is 0 Å². The second-order valence-electron chi connectivity index (χ2n) is 7.34. The molecule has 0 saturated carbocycles. The van der Waals surface area contributed by atoms with E-state index in [1.54, 1.807) is 11.3 Å². The molecule has 0 fully saturated rings. The number of rotatable bonds is 6. The van der Waals surface area contributed by atoms with Crippen LogP contribution in [0.25, 0.3) is 0 Å². The molecule has 0 aliphatic carbocycles. The molecular formula is C19H27N3OS. The van der Waals surface area contributed by atoms with Crippen LogP contribution in [0.2, 0.25) is 0 Å². The summed E-state index contributed by atoms with van der Waals surface area (Å²) in [7, 11) is 0. The maximum absolute atomic E-state index is 11.8. The number of aromatic nitrogens is 1. The first-order valence-corrected chi connectivity index (χ1v) is 9.19. The summed E-state index contributed by atoms with van der Waals surface area (Å²) < 4.78 is 0. The normalized spacial score (nSPS) is 11.8. The molecule has 2 rings (SSSR count). The maximum atomic E-state index is 11.8. The average molecular weight is 346 g/mol. The zero-order valence-corrected chi connectivity index (χ0v) is 16.0. The van der Waals surface area contributed by atoms with E-state index in [4.69, 9.17) is 0 Å². The number of carbonyl (C=O) groups is 1. The van der Waals surface area contributed by atoms with Gasteiger partial charge in [-0.05, 0) is 17.7 Å². The Morgan fingerprint density at radius 1 is 1.25 bits per heavy atom. The van der Waals surface area contributed by atoms with Gasteiger partial charge in [0.2, 0.25) is 5.91 Å². The number of carbonyl (C=O) groups excluding carboxylic acids is 1. The van der Waals surface area contributed by atoms with Gasteiger partial charge in [-0.25, -0.2) is 4.98 Å². The fourth-order valence-electron chi connectivity index (χ4n) is 2.11. The minimum Gasteiger partial charge on any atom is -0.326 e. The highest BCUT2D eigenvalue weighted by atomic mass is 32.1. The maximum Gasteiger partial charge on any atom is 0.226 e. The smallest absolute Gasteiger partial charge is 0.226 e. The molecule has 0 aliphatic rings. The summed E-state index contributed by atoms with van der Waals surface area (Å²) in [4.78, 5) is 16.5. The third-order valence-electron chi connectivity index (χ3n) is 3.55. The molecule has 0 atom stereocenters. The van der Waals surface area contributed by atoms with Gasteiger partial charge in [0.1, 0.15) is 0 Å². The molecule has 0 spiro atoms. The summed E-state index contributed by atoms with van der Waals surface area (Å²) in [5.74, 6) is 0.0192. The lowest BCUT2D eigenvalue weighted by Gasteiger charge is -2.13. The monoisotopic (exact) mass is 345 g/mol. The second kappa shape index (κ2) is 7.90. The van der Waals surface area contributed by atoms with Crippen LogP contribution in [0, 0.1) is 5.92 Å². The van der Waals surface area contributed by atoms with Crippen LogP contribution >= 0.6 is 11.3 Å². The number of hydrogen-bond acceptors (Lipinski definition) is 4. The topological polar surface area (TPSA) is 54.0 Å². The van der Waals surface area contributed by atoms with Gasteiger partial charge in [-0.1, -0.05) is 46.8 Å². The van der Waals surface area contributed by atoms with Crippen molar-refractivity contribution in [2.75, 3.05) is 5.32 Å². The van der Waals surface area contributed by atoms with Gasteiger partial charge in [-0.2, -0.15) is 0 Å². The number of anilines is 1. The highest BCUT2D eigenvalue weighted by molar-refractivity contribution is 7.09. The van der Waals surface area contributed by atoms with Crippen molar-refractivity contribution in [2.45, 2.75) is 53.1 Å². The summed E-state index contributed by atoms with van der Waals surface area (Å²) in [6, 6.07) is 7.95. The largest absolute Gasteiger partial charge is 0.326 e. The van der Waals surface area contributed by atoms with E-state index in [1.165, 1.54) is 0 Å². The van der Waals surface area contributed by atoms with Crippen molar-refractivity contribution in [1.29, 1.82) is 0 Å². The Balaban J connectivity index is 1.88. The molecule has 130 valence electrons. The lowest BCUT2D eigenvalue weighted by Crippen LogP contribution is -2.18. The minimum atomic E-state index is -0.0199. The van der Waals surface area contributed by atoms with Crippen molar-refractivity contribution in [2.24, 2.45) is 5.92 Å². The van der Waals surface area contributed by atoms with Crippen molar-refractivity contribution in [3.63, 3.8) is 0 Å². The SMILES string of the molecule is CC(C)C(=O)Nc1cccc(CNCc2csc(C(C)(C)C)n2)c1. The molecule has 5 heteroatoms. The number of benzene rings is 1. The van der Waals surface area contributed by atoms with Crippen molar-refractivity contribution < 1.29 is 4.79 Å². The fraction of sp³-hybridized carbons (Fsp3) is 0.474. The zero-order valence-electron chi connectivity index (χ0n) is 15.1. The number of hydrogen-bond donors (Lipinski definition) is 2. The first-order chi connectivity index (χ1) is 11.3. The Labute approximate surface area is 148 Å². The highest BCUT2D eigenvalue weighted by Gasteiger charge is 2.17. The van der Waals surface area contributed by atoms with E-state index in [0.717, 1.165) is 35.0 Å². The quantitative estimate of drug-likeness (QED) is 0.819. The molecule has 0 radical (unpaired) electrons. The van der Waals surface area contributed by atoms with Gasteiger partial charge in [0.05, 0.1) is 10.7 Å². The second-order valence-corrected chi connectivity index (χ2v) is 8.20. The highest BCUT2D eigenvalue weighted by Crippen LogP contribution is 2.25. The van der Waals surface area contributed by atoms with E-state index < -0.39 is 0 Å². The van der Waals surface area contributed by atoms with Gasteiger partial charge >= 0.3 is 0 Å². The molecule has 1 aromatic carbocycles. The Bertz CT molecular complexity index is 686. The predicted octanol–water partition coefficient (Wildman–Crippen LogP) is 4.32. The summed E-state index contributed by atoms with van der Waals surface area (Å²) in [6.45, 7) is 11.8. The van der Waals surface area contributed by atoms with Crippen LogP contribution in [0.5, 0.6) is 0 Å². The van der Waals surface area contributed by atoms with Crippen LogP contribution in [-0.2, 0) is 23.3 Å². The first-order valence-electron chi connectivity index (χ1n) is 8.31. The third kappa shape index (κ3) is 5.42. The third-order valence-corrected chi connectivity index (χ3v) is 4.86. The molecular weight excluding hydrogens is 318 g/mol. The van der Waals surface area contributed by atoms with Crippen LogP contribution in [0.4, 0.5) is 5.69 Å². The summed E-state index contributed by atoms with van der Waals surface area (Å²) in [5, 5.41) is 9.63. The predicted molar refractivity (Wildman–Crippen MR) is 101 cm³/mol. The van der Waals surface area contributed by atoms with Crippen molar-refractivity contribution in [3.05, 3.63) is 45.9 Å². The number of amides is 1. The average Bonchev–Trinajstić information content (AvgIpc) is 2.96. The van der Waals surface area contributed by atoms with Crippen LogP contribution in [0.1, 0.15) is 50.9 Å². The summed E-state index contributed by atoms with van der Waals surface area (Å²) in [6.07, 6.45) is 0. The molecule has 4 nitrogen and oxygen atoms in total. The first kappa shape index (κ1) is 18.6. The van der Waals surface area contributed by atoms with Gasteiger partial charge in [-0.15, -0.1) is 11.3 Å². The van der Waals surface area contributed by atoms with E-state index in [2.05, 4.69) is 47.8 Å². The van der Waals surface area contributed by atoms with E-state index in [9.17, 15) is 4.79 Å². The van der Waals surface area contributed by atoms with E-state index in [1.807, 2.05) is 32.0 Å². The number of thiazole rings is 1. The lowest BCUT2D eigenvalue weighted by atomic mass is 9.98. The van der Waals surface area contributed by atoms with Crippen molar-refractivity contribution in [1.82, 2.24) is 10.3 Å². The molecule has 1 heterocycles. The van der Waals surface area contributed by atoms with Crippen LogP contribution < -0.4 is 10.6 Å². The molecule has 0 bridgehead atoms. The lowest BCUT2D eigenvalue weighted by molar-refractivity contribution is -0.118. The van der Waals surface area contributed by atoms with Gasteiger partial charge in [0.15, 0.2) is 0 Å². The van der Waals surface area contributed by atoms with E-state index in [0.29, 0.717) is 0 Å². The van der Waals surface area contributed by atoms with Gasteiger partial charge in [0.25, 0.3) is 0 Å². The van der Waals surface area contributed by atoms with E-state index >= 15 is 0 Å². The molecule has 0 unspecified atom stereocenters. The van der Waals surface area contributed by atoms with Crippen LogP contribution in [-0.4, -0.2) is 10.9 Å². The Morgan fingerprint density at radius 2 is 2.00 bits per heavy atom. The molecule has 2 N–H and O–H groups in total. The Hall–Kier alpha value is -1.72. The Morgan fingerprint density at radius 3 is 2.62 bits per heavy atom. The van der Waals surface area contributed by atoms with Gasteiger partial charge in [-0.3, -0.25) is 4.79 Å².